The van der Waals surface area contributed by atoms with E-state index in [4.69, 9.17) is 4.74 Å². The summed E-state index contributed by atoms with van der Waals surface area (Å²) in [6, 6.07) is 0. The minimum absolute atomic E-state index is 0.299. The molecular formula is C8H13N3O. The molecule has 2 heterocycles. The molecule has 4 heteroatoms. The SMILES string of the molecule is c1cn(CC2CNCCO2)cn1. The normalized spacial score (nSPS) is 24.2. The molecule has 0 spiro atoms. The molecule has 0 saturated carbocycles. The Balaban J connectivity index is 1.86. The van der Waals surface area contributed by atoms with E-state index >= 15 is 0 Å². The van der Waals surface area contributed by atoms with E-state index < -0.39 is 0 Å². The maximum Gasteiger partial charge on any atom is 0.0946 e. The van der Waals surface area contributed by atoms with Gasteiger partial charge < -0.3 is 14.6 Å². The Morgan fingerprint density at radius 3 is 3.33 bits per heavy atom. The van der Waals surface area contributed by atoms with Gasteiger partial charge in [-0.1, -0.05) is 0 Å². The lowest BCUT2D eigenvalue weighted by molar-refractivity contribution is 0.0182. The number of rotatable bonds is 2. The molecule has 1 N–H and O–H groups in total. The van der Waals surface area contributed by atoms with Crippen molar-refractivity contribution in [3.8, 4) is 0 Å². The zero-order valence-electron chi connectivity index (χ0n) is 6.94. The zero-order valence-corrected chi connectivity index (χ0v) is 6.94. The molecule has 1 atom stereocenters. The van der Waals surface area contributed by atoms with Crippen molar-refractivity contribution in [1.82, 2.24) is 14.9 Å². The average Bonchev–Trinajstić information content (AvgIpc) is 2.59. The lowest BCUT2D eigenvalue weighted by Gasteiger charge is -2.23. The van der Waals surface area contributed by atoms with Gasteiger partial charge >= 0.3 is 0 Å². The van der Waals surface area contributed by atoms with Crippen LogP contribution in [0.15, 0.2) is 18.7 Å². The van der Waals surface area contributed by atoms with E-state index in [9.17, 15) is 0 Å². The standard InChI is InChI=1S/C8H13N3O/c1-3-11(7-10-1)6-8-5-9-2-4-12-8/h1,3,7-9H,2,4-6H2. The smallest absolute Gasteiger partial charge is 0.0946 e. The molecule has 12 heavy (non-hydrogen) atoms. The minimum Gasteiger partial charge on any atom is -0.374 e. The van der Waals surface area contributed by atoms with Gasteiger partial charge in [-0.3, -0.25) is 0 Å². The van der Waals surface area contributed by atoms with Gasteiger partial charge in [0.15, 0.2) is 0 Å². The third kappa shape index (κ3) is 1.84. The molecule has 1 aromatic heterocycles. The molecule has 0 aliphatic carbocycles. The van der Waals surface area contributed by atoms with Crippen LogP contribution in [0.25, 0.3) is 0 Å². The van der Waals surface area contributed by atoms with Crippen LogP contribution in [0.3, 0.4) is 0 Å². The van der Waals surface area contributed by atoms with Crippen molar-refractivity contribution in [1.29, 1.82) is 0 Å². The monoisotopic (exact) mass is 167 g/mol. The fraction of sp³-hybridized carbons (Fsp3) is 0.625. The van der Waals surface area contributed by atoms with Crippen molar-refractivity contribution in [2.75, 3.05) is 19.7 Å². The van der Waals surface area contributed by atoms with Gasteiger partial charge in [0.05, 0.1) is 25.6 Å². The number of imidazole rings is 1. The van der Waals surface area contributed by atoms with Crippen LogP contribution in [0.1, 0.15) is 0 Å². The molecule has 1 saturated heterocycles. The number of hydrogen-bond acceptors (Lipinski definition) is 3. The van der Waals surface area contributed by atoms with E-state index in [1.807, 2.05) is 17.1 Å². The Morgan fingerprint density at radius 2 is 2.67 bits per heavy atom. The number of hydrogen-bond donors (Lipinski definition) is 1. The predicted octanol–water partition coefficient (Wildman–Crippen LogP) is -0.129. The number of nitrogens with one attached hydrogen (secondary N) is 1. The van der Waals surface area contributed by atoms with Gasteiger partial charge in [-0.2, -0.15) is 0 Å². The Hall–Kier alpha value is -0.870. The van der Waals surface area contributed by atoms with E-state index in [0.717, 1.165) is 26.2 Å². The molecule has 66 valence electrons. The van der Waals surface area contributed by atoms with Gasteiger partial charge in [0.25, 0.3) is 0 Å². The minimum atomic E-state index is 0.299. The number of morpholine rings is 1. The van der Waals surface area contributed by atoms with Crippen LogP contribution in [0.2, 0.25) is 0 Å². The van der Waals surface area contributed by atoms with Gasteiger partial charge in [-0.15, -0.1) is 0 Å². The summed E-state index contributed by atoms with van der Waals surface area (Å²) in [6.45, 7) is 3.63. The quantitative estimate of drug-likeness (QED) is 0.667. The Kier molecular flexibility index (Phi) is 2.39. The molecule has 0 bridgehead atoms. The first-order chi connectivity index (χ1) is 5.95. The van der Waals surface area contributed by atoms with Gasteiger partial charge in [0.1, 0.15) is 0 Å². The number of ether oxygens (including phenoxy) is 1. The van der Waals surface area contributed by atoms with E-state index in [2.05, 4.69) is 10.3 Å². The summed E-state index contributed by atoms with van der Waals surface area (Å²) in [5.74, 6) is 0. The van der Waals surface area contributed by atoms with E-state index in [1.54, 1.807) is 6.20 Å². The van der Waals surface area contributed by atoms with Gasteiger partial charge in [0.2, 0.25) is 0 Å². The molecule has 1 aliphatic heterocycles. The fourth-order valence-electron chi connectivity index (χ4n) is 1.37. The summed E-state index contributed by atoms with van der Waals surface area (Å²) in [5, 5.41) is 3.29. The highest BCUT2D eigenvalue weighted by molar-refractivity contribution is 4.77. The lowest BCUT2D eigenvalue weighted by Crippen LogP contribution is -2.40. The van der Waals surface area contributed by atoms with Crippen molar-refractivity contribution in [3.05, 3.63) is 18.7 Å². The molecule has 1 aliphatic rings. The second-order valence-electron chi connectivity index (χ2n) is 2.96. The van der Waals surface area contributed by atoms with Crippen molar-refractivity contribution in [2.24, 2.45) is 0 Å². The van der Waals surface area contributed by atoms with Crippen LogP contribution in [-0.4, -0.2) is 35.4 Å². The molecule has 1 unspecified atom stereocenters. The molecule has 0 amide bonds. The third-order valence-electron chi connectivity index (χ3n) is 1.98. The average molecular weight is 167 g/mol. The second kappa shape index (κ2) is 3.69. The summed E-state index contributed by atoms with van der Waals surface area (Å²) in [4.78, 5) is 3.97. The first kappa shape index (κ1) is 7.76. The van der Waals surface area contributed by atoms with Crippen molar-refractivity contribution in [3.63, 3.8) is 0 Å². The number of aromatic nitrogens is 2. The highest BCUT2D eigenvalue weighted by atomic mass is 16.5. The van der Waals surface area contributed by atoms with Gasteiger partial charge in [-0.25, -0.2) is 4.98 Å². The highest BCUT2D eigenvalue weighted by Crippen LogP contribution is 1.99. The molecule has 4 nitrogen and oxygen atoms in total. The summed E-state index contributed by atoms with van der Waals surface area (Å²) >= 11 is 0. The first-order valence-corrected chi connectivity index (χ1v) is 4.23. The molecule has 2 rings (SSSR count). The first-order valence-electron chi connectivity index (χ1n) is 4.23. The molecular weight excluding hydrogens is 154 g/mol. The summed E-state index contributed by atoms with van der Waals surface area (Å²) in [7, 11) is 0. The maximum absolute atomic E-state index is 5.54. The van der Waals surface area contributed by atoms with Crippen LogP contribution < -0.4 is 5.32 Å². The van der Waals surface area contributed by atoms with E-state index in [-0.39, 0.29) is 0 Å². The highest BCUT2D eigenvalue weighted by Gasteiger charge is 2.12. The van der Waals surface area contributed by atoms with Crippen LogP contribution in [0.4, 0.5) is 0 Å². The molecule has 1 fully saturated rings. The molecule has 0 radical (unpaired) electrons. The van der Waals surface area contributed by atoms with Crippen molar-refractivity contribution in [2.45, 2.75) is 12.6 Å². The summed E-state index contributed by atoms with van der Waals surface area (Å²) in [6.07, 6.45) is 5.86. The fourth-order valence-corrected chi connectivity index (χ4v) is 1.37. The Bertz CT molecular complexity index is 216. The largest absolute Gasteiger partial charge is 0.374 e. The topological polar surface area (TPSA) is 39.1 Å². The van der Waals surface area contributed by atoms with Gasteiger partial charge in [-0.05, 0) is 0 Å². The summed E-state index contributed by atoms with van der Waals surface area (Å²) < 4.78 is 7.58. The maximum atomic E-state index is 5.54. The second-order valence-corrected chi connectivity index (χ2v) is 2.96. The predicted molar refractivity (Wildman–Crippen MR) is 44.8 cm³/mol. The van der Waals surface area contributed by atoms with Crippen LogP contribution in [0.5, 0.6) is 0 Å². The van der Waals surface area contributed by atoms with Crippen LogP contribution in [0, 0.1) is 0 Å². The Labute approximate surface area is 71.6 Å². The van der Waals surface area contributed by atoms with Crippen LogP contribution in [-0.2, 0) is 11.3 Å². The third-order valence-corrected chi connectivity index (χ3v) is 1.98. The molecule has 1 aromatic rings. The zero-order chi connectivity index (χ0) is 8.23. The van der Waals surface area contributed by atoms with Crippen molar-refractivity contribution >= 4 is 0 Å². The van der Waals surface area contributed by atoms with E-state index in [1.165, 1.54) is 0 Å². The Morgan fingerprint density at radius 1 is 1.67 bits per heavy atom. The van der Waals surface area contributed by atoms with Gasteiger partial charge in [0, 0.05) is 25.5 Å². The van der Waals surface area contributed by atoms with E-state index in [0.29, 0.717) is 6.10 Å². The number of nitrogens with zero attached hydrogens (tertiary/aromatic N) is 2. The lowest BCUT2D eigenvalue weighted by atomic mass is 10.3. The molecule has 0 aromatic carbocycles. The van der Waals surface area contributed by atoms with Crippen LogP contribution >= 0.6 is 0 Å². The van der Waals surface area contributed by atoms with Crippen molar-refractivity contribution < 1.29 is 4.74 Å². The summed E-state index contributed by atoms with van der Waals surface area (Å²) in [5.41, 5.74) is 0.